The highest BCUT2D eigenvalue weighted by Crippen LogP contribution is 2.14. The SMILES string of the molecule is CCOC(=O)Nc1ccc(NC(=O)CCc2ccccc2)cc1. The van der Waals surface area contributed by atoms with E-state index in [1.54, 1.807) is 31.2 Å². The number of hydrogen-bond donors (Lipinski definition) is 2. The van der Waals surface area contributed by atoms with Crippen molar-refractivity contribution in [2.75, 3.05) is 17.2 Å². The van der Waals surface area contributed by atoms with Crippen LogP contribution in [0.5, 0.6) is 0 Å². The van der Waals surface area contributed by atoms with Gasteiger partial charge in [-0.05, 0) is 43.2 Å². The van der Waals surface area contributed by atoms with Crippen LogP contribution in [0.3, 0.4) is 0 Å². The van der Waals surface area contributed by atoms with Crippen molar-refractivity contribution in [1.29, 1.82) is 0 Å². The topological polar surface area (TPSA) is 67.4 Å². The van der Waals surface area contributed by atoms with Crippen LogP contribution in [-0.4, -0.2) is 18.6 Å². The number of amides is 2. The molecular weight excluding hydrogens is 292 g/mol. The first-order valence-corrected chi connectivity index (χ1v) is 7.55. The molecule has 0 unspecified atom stereocenters. The van der Waals surface area contributed by atoms with Gasteiger partial charge in [0.2, 0.25) is 5.91 Å². The van der Waals surface area contributed by atoms with E-state index in [0.29, 0.717) is 30.8 Å². The molecule has 0 saturated heterocycles. The standard InChI is InChI=1S/C18H20N2O3/c1-2-23-18(22)20-16-11-9-15(10-12-16)19-17(21)13-8-14-6-4-3-5-7-14/h3-7,9-12H,2,8,13H2,1H3,(H,19,21)(H,20,22). The molecule has 2 aromatic rings. The summed E-state index contributed by atoms with van der Waals surface area (Å²) in [6.45, 7) is 2.06. The fraction of sp³-hybridized carbons (Fsp3) is 0.222. The van der Waals surface area contributed by atoms with E-state index in [2.05, 4.69) is 10.6 Å². The summed E-state index contributed by atoms with van der Waals surface area (Å²) in [6.07, 6.45) is 0.634. The zero-order valence-electron chi connectivity index (χ0n) is 13.0. The molecule has 120 valence electrons. The third-order valence-electron chi connectivity index (χ3n) is 3.17. The summed E-state index contributed by atoms with van der Waals surface area (Å²) in [5.74, 6) is -0.0417. The van der Waals surface area contributed by atoms with Crippen LogP contribution in [0.1, 0.15) is 18.9 Å². The molecule has 0 fully saturated rings. The predicted molar refractivity (Wildman–Crippen MR) is 90.5 cm³/mol. The van der Waals surface area contributed by atoms with Gasteiger partial charge >= 0.3 is 6.09 Å². The highest BCUT2D eigenvalue weighted by atomic mass is 16.5. The maximum atomic E-state index is 11.9. The second kappa shape index (κ2) is 8.58. The lowest BCUT2D eigenvalue weighted by molar-refractivity contribution is -0.116. The molecule has 0 saturated carbocycles. The Kier molecular flexibility index (Phi) is 6.17. The normalized spacial score (nSPS) is 9.96. The monoisotopic (exact) mass is 312 g/mol. The second-order valence-corrected chi connectivity index (χ2v) is 4.96. The summed E-state index contributed by atoms with van der Waals surface area (Å²) in [7, 11) is 0. The average molecular weight is 312 g/mol. The third kappa shape index (κ3) is 5.82. The lowest BCUT2D eigenvalue weighted by Crippen LogP contribution is -2.14. The third-order valence-corrected chi connectivity index (χ3v) is 3.17. The van der Waals surface area contributed by atoms with Crippen LogP contribution in [-0.2, 0) is 16.0 Å². The van der Waals surface area contributed by atoms with Crippen molar-refractivity contribution in [2.24, 2.45) is 0 Å². The van der Waals surface area contributed by atoms with Crippen molar-refractivity contribution < 1.29 is 14.3 Å². The molecule has 0 aromatic heterocycles. The minimum absolute atomic E-state index is 0.0417. The molecule has 2 aromatic carbocycles. The lowest BCUT2D eigenvalue weighted by Gasteiger charge is -2.08. The number of hydrogen-bond acceptors (Lipinski definition) is 3. The second-order valence-electron chi connectivity index (χ2n) is 4.96. The van der Waals surface area contributed by atoms with Crippen LogP contribution in [0.25, 0.3) is 0 Å². The van der Waals surface area contributed by atoms with Gasteiger partial charge in [-0.3, -0.25) is 10.1 Å². The van der Waals surface area contributed by atoms with Gasteiger partial charge in [-0.2, -0.15) is 0 Å². The van der Waals surface area contributed by atoms with E-state index in [1.165, 1.54) is 0 Å². The van der Waals surface area contributed by atoms with Crippen molar-refractivity contribution in [3.63, 3.8) is 0 Å². The van der Waals surface area contributed by atoms with Gasteiger partial charge in [-0.25, -0.2) is 4.79 Å². The van der Waals surface area contributed by atoms with Crippen molar-refractivity contribution in [3.05, 3.63) is 60.2 Å². The molecule has 0 heterocycles. The Morgan fingerprint density at radius 3 is 2.13 bits per heavy atom. The molecule has 5 heteroatoms. The average Bonchev–Trinajstić information content (AvgIpc) is 2.56. The first-order chi connectivity index (χ1) is 11.2. The molecule has 0 atom stereocenters. The van der Waals surface area contributed by atoms with Gasteiger partial charge in [0.25, 0.3) is 0 Å². The molecule has 0 aliphatic heterocycles. The Morgan fingerprint density at radius 1 is 0.913 bits per heavy atom. The zero-order valence-corrected chi connectivity index (χ0v) is 13.0. The zero-order chi connectivity index (χ0) is 16.5. The smallest absolute Gasteiger partial charge is 0.411 e. The molecule has 0 radical (unpaired) electrons. The largest absolute Gasteiger partial charge is 0.450 e. The van der Waals surface area contributed by atoms with Gasteiger partial charge in [-0.15, -0.1) is 0 Å². The fourth-order valence-corrected chi connectivity index (χ4v) is 2.05. The Labute approximate surface area is 135 Å². The number of nitrogens with one attached hydrogen (secondary N) is 2. The van der Waals surface area contributed by atoms with Crippen molar-refractivity contribution in [1.82, 2.24) is 0 Å². The highest BCUT2D eigenvalue weighted by Gasteiger charge is 2.05. The van der Waals surface area contributed by atoms with E-state index in [9.17, 15) is 9.59 Å². The van der Waals surface area contributed by atoms with Crippen LogP contribution >= 0.6 is 0 Å². The summed E-state index contributed by atoms with van der Waals surface area (Å²) >= 11 is 0. The maximum absolute atomic E-state index is 11.9. The maximum Gasteiger partial charge on any atom is 0.411 e. The van der Waals surface area contributed by atoms with E-state index in [1.807, 2.05) is 30.3 Å². The van der Waals surface area contributed by atoms with E-state index in [-0.39, 0.29) is 5.91 Å². The number of ether oxygens (including phenoxy) is 1. The lowest BCUT2D eigenvalue weighted by atomic mass is 10.1. The fourth-order valence-electron chi connectivity index (χ4n) is 2.05. The summed E-state index contributed by atoms with van der Waals surface area (Å²) in [5.41, 5.74) is 2.44. The first-order valence-electron chi connectivity index (χ1n) is 7.55. The number of benzene rings is 2. The minimum atomic E-state index is -0.493. The van der Waals surface area contributed by atoms with Gasteiger partial charge < -0.3 is 10.1 Å². The highest BCUT2D eigenvalue weighted by molar-refractivity contribution is 5.91. The Morgan fingerprint density at radius 2 is 1.52 bits per heavy atom. The predicted octanol–water partition coefficient (Wildman–Crippen LogP) is 3.83. The Bertz CT molecular complexity index is 639. The molecule has 0 aliphatic rings. The number of rotatable bonds is 6. The summed E-state index contributed by atoms with van der Waals surface area (Å²) in [5, 5.41) is 5.43. The molecule has 2 amide bonds. The molecule has 5 nitrogen and oxygen atoms in total. The van der Waals surface area contributed by atoms with Crippen molar-refractivity contribution in [3.8, 4) is 0 Å². The van der Waals surface area contributed by atoms with E-state index >= 15 is 0 Å². The molecule has 0 bridgehead atoms. The molecule has 0 spiro atoms. The van der Waals surface area contributed by atoms with Crippen LogP contribution < -0.4 is 10.6 Å². The first kappa shape index (κ1) is 16.5. The number of carbonyl (C=O) groups excluding carboxylic acids is 2. The molecular formula is C18H20N2O3. The summed E-state index contributed by atoms with van der Waals surface area (Å²) in [4.78, 5) is 23.2. The van der Waals surface area contributed by atoms with Crippen molar-refractivity contribution >= 4 is 23.4 Å². The number of aryl methyl sites for hydroxylation is 1. The van der Waals surface area contributed by atoms with E-state index in [0.717, 1.165) is 5.56 Å². The summed E-state index contributed by atoms with van der Waals surface area (Å²) < 4.78 is 4.79. The number of anilines is 2. The number of carbonyl (C=O) groups is 2. The van der Waals surface area contributed by atoms with Gasteiger partial charge in [0, 0.05) is 17.8 Å². The van der Waals surface area contributed by atoms with Crippen LogP contribution in [0.4, 0.5) is 16.2 Å². The molecule has 2 rings (SSSR count). The van der Waals surface area contributed by atoms with E-state index < -0.39 is 6.09 Å². The van der Waals surface area contributed by atoms with Crippen LogP contribution in [0.2, 0.25) is 0 Å². The molecule has 23 heavy (non-hydrogen) atoms. The van der Waals surface area contributed by atoms with Crippen LogP contribution in [0.15, 0.2) is 54.6 Å². The van der Waals surface area contributed by atoms with Crippen LogP contribution in [0, 0.1) is 0 Å². The van der Waals surface area contributed by atoms with Crippen molar-refractivity contribution in [2.45, 2.75) is 19.8 Å². The Hall–Kier alpha value is -2.82. The van der Waals surface area contributed by atoms with Gasteiger partial charge in [0.1, 0.15) is 0 Å². The minimum Gasteiger partial charge on any atom is -0.450 e. The Balaban J connectivity index is 1.80. The quantitative estimate of drug-likeness (QED) is 0.852. The van der Waals surface area contributed by atoms with Gasteiger partial charge in [0.05, 0.1) is 6.61 Å². The van der Waals surface area contributed by atoms with Gasteiger partial charge in [-0.1, -0.05) is 30.3 Å². The van der Waals surface area contributed by atoms with E-state index in [4.69, 9.17) is 4.74 Å². The molecule has 0 aliphatic carbocycles. The molecule has 2 N–H and O–H groups in total. The van der Waals surface area contributed by atoms with Gasteiger partial charge in [0.15, 0.2) is 0 Å². The summed E-state index contributed by atoms with van der Waals surface area (Å²) in [6, 6.07) is 16.8.